The van der Waals surface area contributed by atoms with Crippen LogP contribution in [-0.2, 0) is 14.2 Å². The maximum atomic E-state index is 13.0. The molecule has 0 aromatic heterocycles. The van der Waals surface area contributed by atoms with Crippen molar-refractivity contribution in [1.82, 2.24) is 10.6 Å². The van der Waals surface area contributed by atoms with E-state index in [-0.39, 0.29) is 42.2 Å². The van der Waals surface area contributed by atoms with Crippen LogP contribution < -0.4 is 15.4 Å². The first kappa shape index (κ1) is 17.5. The zero-order chi connectivity index (χ0) is 17.9. The van der Waals surface area contributed by atoms with Crippen LogP contribution >= 0.6 is 0 Å². The van der Waals surface area contributed by atoms with E-state index in [1.54, 1.807) is 12.1 Å². The van der Waals surface area contributed by atoms with Gasteiger partial charge in [-0.15, -0.1) is 0 Å². The van der Waals surface area contributed by atoms with Crippen LogP contribution in [0.15, 0.2) is 24.3 Å². The SMILES string of the molecule is O=C(NC1CCOCC1)N[C@H]1CO[C@H]2[C@@H]1OC[C@@H]2Oc1ccc(F)cc1. The van der Waals surface area contributed by atoms with E-state index in [9.17, 15) is 9.18 Å². The Balaban J connectivity index is 1.28. The highest BCUT2D eigenvalue weighted by Gasteiger charge is 2.49. The molecule has 0 saturated carbocycles. The molecular formula is C18H23FN2O5. The van der Waals surface area contributed by atoms with E-state index in [1.165, 1.54) is 12.1 Å². The second-order valence-corrected chi connectivity index (χ2v) is 6.82. The van der Waals surface area contributed by atoms with Gasteiger partial charge in [-0.3, -0.25) is 0 Å². The standard InChI is InChI=1S/C18H23FN2O5/c19-11-1-3-13(4-2-11)26-15-10-25-16-14(9-24-17(15)16)21-18(22)20-12-5-7-23-8-6-12/h1-4,12,14-17H,5-10H2,(H2,20,21,22)/t14-,15-,16+,17+/m0/s1. The summed E-state index contributed by atoms with van der Waals surface area (Å²) in [5.74, 6) is 0.257. The summed E-state index contributed by atoms with van der Waals surface area (Å²) in [6.07, 6.45) is 0.861. The van der Waals surface area contributed by atoms with E-state index < -0.39 is 0 Å². The second kappa shape index (κ2) is 7.77. The molecule has 0 spiro atoms. The highest BCUT2D eigenvalue weighted by Crippen LogP contribution is 2.30. The third kappa shape index (κ3) is 3.92. The van der Waals surface area contributed by atoms with Gasteiger partial charge in [0, 0.05) is 19.3 Å². The van der Waals surface area contributed by atoms with Crippen LogP contribution in [0.4, 0.5) is 9.18 Å². The molecule has 0 aliphatic carbocycles. The van der Waals surface area contributed by atoms with Gasteiger partial charge in [-0.25, -0.2) is 9.18 Å². The average Bonchev–Trinajstić information content (AvgIpc) is 3.22. The smallest absolute Gasteiger partial charge is 0.315 e. The minimum Gasteiger partial charge on any atom is -0.485 e. The molecule has 8 heteroatoms. The number of amides is 2. The third-order valence-electron chi connectivity index (χ3n) is 4.98. The Bertz CT molecular complexity index is 623. The second-order valence-electron chi connectivity index (χ2n) is 6.82. The molecule has 4 rings (SSSR count). The fraction of sp³-hybridized carbons (Fsp3) is 0.611. The molecule has 3 saturated heterocycles. The first-order valence-corrected chi connectivity index (χ1v) is 8.99. The molecule has 142 valence electrons. The third-order valence-corrected chi connectivity index (χ3v) is 4.98. The molecule has 4 atom stereocenters. The van der Waals surface area contributed by atoms with Gasteiger partial charge >= 0.3 is 6.03 Å². The Hall–Kier alpha value is -1.90. The largest absolute Gasteiger partial charge is 0.485 e. The maximum Gasteiger partial charge on any atom is 0.315 e. The topological polar surface area (TPSA) is 78.1 Å². The van der Waals surface area contributed by atoms with Gasteiger partial charge in [-0.05, 0) is 37.1 Å². The number of ether oxygens (including phenoxy) is 4. The molecule has 0 radical (unpaired) electrons. The number of fused-ring (bicyclic) bond motifs is 1. The molecule has 3 heterocycles. The molecule has 3 fully saturated rings. The lowest BCUT2D eigenvalue weighted by molar-refractivity contribution is 0.0303. The van der Waals surface area contributed by atoms with Crippen LogP contribution in [0.5, 0.6) is 5.75 Å². The van der Waals surface area contributed by atoms with Gasteiger partial charge in [0.15, 0.2) is 6.10 Å². The van der Waals surface area contributed by atoms with Gasteiger partial charge in [-0.1, -0.05) is 0 Å². The number of rotatable bonds is 4. The predicted octanol–water partition coefficient (Wildman–Crippen LogP) is 1.22. The van der Waals surface area contributed by atoms with Crippen molar-refractivity contribution >= 4 is 6.03 Å². The summed E-state index contributed by atoms with van der Waals surface area (Å²) in [5, 5.41) is 5.92. The molecule has 26 heavy (non-hydrogen) atoms. The predicted molar refractivity (Wildman–Crippen MR) is 89.6 cm³/mol. The van der Waals surface area contributed by atoms with Gasteiger partial charge < -0.3 is 29.6 Å². The lowest BCUT2D eigenvalue weighted by Gasteiger charge is -2.25. The fourth-order valence-corrected chi connectivity index (χ4v) is 3.61. The quantitative estimate of drug-likeness (QED) is 0.838. The Morgan fingerprint density at radius 1 is 1.04 bits per heavy atom. The van der Waals surface area contributed by atoms with Crippen LogP contribution in [0.25, 0.3) is 0 Å². The number of urea groups is 1. The summed E-state index contributed by atoms with van der Waals surface area (Å²) in [6, 6.07) is 5.57. The van der Waals surface area contributed by atoms with E-state index >= 15 is 0 Å². The maximum absolute atomic E-state index is 13.0. The zero-order valence-corrected chi connectivity index (χ0v) is 14.4. The van der Waals surface area contributed by atoms with Crippen molar-refractivity contribution in [3.05, 3.63) is 30.1 Å². The number of carbonyl (C=O) groups is 1. The monoisotopic (exact) mass is 366 g/mol. The number of benzene rings is 1. The number of hydrogen-bond acceptors (Lipinski definition) is 5. The summed E-state index contributed by atoms with van der Waals surface area (Å²) in [7, 11) is 0. The van der Waals surface area contributed by atoms with E-state index in [4.69, 9.17) is 18.9 Å². The first-order valence-electron chi connectivity index (χ1n) is 8.99. The molecule has 0 bridgehead atoms. The van der Waals surface area contributed by atoms with Crippen LogP contribution in [0.1, 0.15) is 12.8 Å². The number of hydrogen-bond donors (Lipinski definition) is 2. The van der Waals surface area contributed by atoms with Crippen LogP contribution in [0.2, 0.25) is 0 Å². The van der Waals surface area contributed by atoms with Crippen molar-refractivity contribution in [2.75, 3.05) is 26.4 Å². The van der Waals surface area contributed by atoms with Crippen molar-refractivity contribution in [1.29, 1.82) is 0 Å². The molecule has 3 aliphatic heterocycles. The summed E-state index contributed by atoms with van der Waals surface area (Å²) < 4.78 is 35.8. The molecule has 1 aromatic carbocycles. The molecule has 7 nitrogen and oxygen atoms in total. The highest BCUT2D eigenvalue weighted by molar-refractivity contribution is 5.74. The van der Waals surface area contributed by atoms with Crippen molar-refractivity contribution in [2.24, 2.45) is 0 Å². The van der Waals surface area contributed by atoms with Gasteiger partial charge in [0.2, 0.25) is 0 Å². The Morgan fingerprint density at radius 3 is 2.54 bits per heavy atom. The lowest BCUT2D eigenvalue weighted by Crippen LogP contribution is -2.51. The van der Waals surface area contributed by atoms with Crippen molar-refractivity contribution in [2.45, 2.75) is 43.2 Å². The fourth-order valence-electron chi connectivity index (χ4n) is 3.61. The van der Waals surface area contributed by atoms with E-state index in [0.29, 0.717) is 32.2 Å². The van der Waals surface area contributed by atoms with Crippen LogP contribution in [-0.4, -0.2) is 62.9 Å². The highest BCUT2D eigenvalue weighted by atomic mass is 19.1. The number of carbonyl (C=O) groups excluding carboxylic acids is 1. The summed E-state index contributed by atoms with van der Waals surface area (Å²) >= 11 is 0. The Morgan fingerprint density at radius 2 is 1.77 bits per heavy atom. The van der Waals surface area contributed by atoms with Crippen molar-refractivity contribution in [3.63, 3.8) is 0 Å². The van der Waals surface area contributed by atoms with Crippen LogP contribution in [0.3, 0.4) is 0 Å². The minimum atomic E-state index is -0.310. The minimum absolute atomic E-state index is 0.140. The Labute approximate surface area is 151 Å². The number of nitrogens with one attached hydrogen (secondary N) is 2. The zero-order valence-electron chi connectivity index (χ0n) is 14.4. The molecule has 1 aromatic rings. The molecule has 3 aliphatic rings. The summed E-state index contributed by atoms with van der Waals surface area (Å²) in [6.45, 7) is 2.09. The van der Waals surface area contributed by atoms with Gasteiger partial charge in [-0.2, -0.15) is 0 Å². The number of halogens is 1. The van der Waals surface area contributed by atoms with E-state index in [2.05, 4.69) is 10.6 Å². The normalized spacial score (nSPS) is 31.4. The molecular weight excluding hydrogens is 343 g/mol. The van der Waals surface area contributed by atoms with Gasteiger partial charge in [0.25, 0.3) is 0 Å². The van der Waals surface area contributed by atoms with E-state index in [0.717, 1.165) is 12.8 Å². The van der Waals surface area contributed by atoms with Gasteiger partial charge in [0.05, 0.1) is 19.3 Å². The lowest BCUT2D eigenvalue weighted by atomic mass is 10.1. The first-order chi connectivity index (χ1) is 12.7. The average molecular weight is 366 g/mol. The van der Waals surface area contributed by atoms with E-state index in [1.807, 2.05) is 0 Å². The summed E-state index contributed by atoms with van der Waals surface area (Å²) in [4.78, 5) is 12.2. The molecule has 2 N–H and O–H groups in total. The Kier molecular flexibility index (Phi) is 5.23. The molecule has 0 unspecified atom stereocenters. The summed E-state index contributed by atoms with van der Waals surface area (Å²) in [5.41, 5.74) is 0. The van der Waals surface area contributed by atoms with Crippen molar-refractivity contribution < 1.29 is 28.1 Å². The molecule has 2 amide bonds. The van der Waals surface area contributed by atoms with Crippen molar-refractivity contribution in [3.8, 4) is 5.75 Å². The van der Waals surface area contributed by atoms with Crippen LogP contribution in [0, 0.1) is 5.82 Å². The van der Waals surface area contributed by atoms with Gasteiger partial charge in [0.1, 0.15) is 23.8 Å².